The predicted molar refractivity (Wildman–Crippen MR) is 125 cm³/mol. The van der Waals surface area contributed by atoms with E-state index in [1.165, 1.54) is 6.92 Å². The van der Waals surface area contributed by atoms with Crippen LogP contribution < -0.4 is 16.0 Å². The van der Waals surface area contributed by atoms with Gasteiger partial charge in [0.15, 0.2) is 0 Å². The number of rotatable bonds is 6. The zero-order valence-electron chi connectivity index (χ0n) is 17.8. The molecular weight excluding hydrogens is 412 g/mol. The molecular formula is C23H28N4O3S. The Kier molecular flexibility index (Phi) is 7.94. The van der Waals surface area contributed by atoms with E-state index < -0.39 is 0 Å². The molecule has 2 aromatic carbocycles. The number of benzene rings is 2. The first-order valence-electron chi connectivity index (χ1n) is 10.3. The van der Waals surface area contributed by atoms with Gasteiger partial charge in [0.1, 0.15) is 0 Å². The average Bonchev–Trinajstić information content (AvgIpc) is 2.75. The molecule has 0 saturated carbocycles. The molecule has 1 heterocycles. The molecule has 0 radical (unpaired) electrons. The minimum absolute atomic E-state index is 0.143. The largest absolute Gasteiger partial charge is 0.341 e. The van der Waals surface area contributed by atoms with Crippen molar-refractivity contribution in [2.75, 3.05) is 35.2 Å². The third kappa shape index (κ3) is 7.03. The Morgan fingerprint density at radius 3 is 2.39 bits per heavy atom. The third-order valence-corrected chi connectivity index (χ3v) is 5.93. The molecule has 0 spiro atoms. The van der Waals surface area contributed by atoms with E-state index in [1.54, 1.807) is 18.2 Å². The number of urea groups is 1. The minimum Gasteiger partial charge on any atom is -0.341 e. The lowest BCUT2D eigenvalue weighted by molar-refractivity contribution is -0.130. The zero-order valence-corrected chi connectivity index (χ0v) is 18.6. The Bertz CT molecular complexity index is 927. The maximum absolute atomic E-state index is 12.4. The summed E-state index contributed by atoms with van der Waals surface area (Å²) in [7, 11) is 0. The van der Waals surface area contributed by atoms with Gasteiger partial charge in [0.25, 0.3) is 0 Å². The van der Waals surface area contributed by atoms with E-state index in [4.69, 9.17) is 0 Å². The number of carbonyl (C=O) groups excluding carboxylic acids is 3. The van der Waals surface area contributed by atoms with Crippen molar-refractivity contribution in [3.8, 4) is 0 Å². The molecule has 1 unspecified atom stereocenters. The van der Waals surface area contributed by atoms with Crippen LogP contribution >= 0.6 is 11.8 Å². The summed E-state index contributed by atoms with van der Waals surface area (Å²) in [6.07, 6.45) is 0.374. The van der Waals surface area contributed by atoms with Gasteiger partial charge in [-0.3, -0.25) is 9.59 Å². The summed E-state index contributed by atoms with van der Waals surface area (Å²) < 4.78 is 0. The van der Waals surface area contributed by atoms with Crippen LogP contribution in [0.5, 0.6) is 0 Å². The molecule has 1 aliphatic heterocycles. The minimum atomic E-state index is -0.327. The molecule has 0 bridgehead atoms. The molecule has 31 heavy (non-hydrogen) atoms. The van der Waals surface area contributed by atoms with Crippen molar-refractivity contribution in [2.24, 2.45) is 0 Å². The van der Waals surface area contributed by atoms with Gasteiger partial charge in [0, 0.05) is 42.9 Å². The molecule has 3 rings (SSSR count). The number of anilines is 2. The Hall–Kier alpha value is -3.00. The van der Waals surface area contributed by atoms with Gasteiger partial charge in [0.05, 0.1) is 12.5 Å². The summed E-state index contributed by atoms with van der Waals surface area (Å²) in [4.78, 5) is 37.9. The van der Waals surface area contributed by atoms with Crippen LogP contribution in [0.25, 0.3) is 0 Å². The molecule has 0 aromatic heterocycles. The van der Waals surface area contributed by atoms with Crippen molar-refractivity contribution in [2.45, 2.75) is 26.3 Å². The highest BCUT2D eigenvalue weighted by Gasteiger charge is 2.17. The van der Waals surface area contributed by atoms with Gasteiger partial charge in [-0.2, -0.15) is 11.8 Å². The van der Waals surface area contributed by atoms with Crippen molar-refractivity contribution < 1.29 is 14.4 Å². The first-order valence-corrected chi connectivity index (χ1v) is 11.5. The van der Waals surface area contributed by atoms with Gasteiger partial charge in [-0.1, -0.05) is 24.3 Å². The summed E-state index contributed by atoms with van der Waals surface area (Å²) in [6.45, 7) is 4.96. The van der Waals surface area contributed by atoms with Crippen LogP contribution in [-0.2, 0) is 16.0 Å². The average molecular weight is 441 g/mol. The molecule has 7 nitrogen and oxygen atoms in total. The Labute approximate surface area is 187 Å². The lowest BCUT2D eigenvalue weighted by Gasteiger charge is -2.26. The van der Waals surface area contributed by atoms with Crippen LogP contribution in [0.3, 0.4) is 0 Å². The normalized spacial score (nSPS) is 14.5. The summed E-state index contributed by atoms with van der Waals surface area (Å²) in [5, 5.41) is 8.44. The molecule has 8 heteroatoms. The number of thioether (sulfide) groups is 1. The summed E-state index contributed by atoms with van der Waals surface area (Å²) in [6, 6.07) is 14.1. The van der Waals surface area contributed by atoms with Gasteiger partial charge in [0.2, 0.25) is 11.8 Å². The lowest BCUT2D eigenvalue weighted by Crippen LogP contribution is -2.38. The van der Waals surface area contributed by atoms with Crippen molar-refractivity contribution in [1.29, 1.82) is 0 Å². The molecule has 164 valence electrons. The number of amides is 4. The fraction of sp³-hybridized carbons (Fsp3) is 0.348. The van der Waals surface area contributed by atoms with Crippen LogP contribution in [-0.4, -0.2) is 47.3 Å². The van der Waals surface area contributed by atoms with Crippen LogP contribution in [0, 0.1) is 0 Å². The van der Waals surface area contributed by atoms with E-state index in [9.17, 15) is 14.4 Å². The summed E-state index contributed by atoms with van der Waals surface area (Å²) in [5.74, 6) is 2.00. The summed E-state index contributed by atoms with van der Waals surface area (Å²) in [5.41, 5.74) is 3.15. The maximum Gasteiger partial charge on any atom is 0.319 e. The molecule has 4 amide bonds. The van der Waals surface area contributed by atoms with E-state index in [1.807, 2.05) is 53.9 Å². The van der Waals surface area contributed by atoms with Crippen molar-refractivity contribution in [1.82, 2.24) is 10.2 Å². The molecule has 3 N–H and O–H groups in total. The van der Waals surface area contributed by atoms with Crippen molar-refractivity contribution >= 4 is 41.0 Å². The number of carbonyl (C=O) groups is 3. The summed E-state index contributed by atoms with van der Waals surface area (Å²) >= 11 is 1.88. The van der Waals surface area contributed by atoms with Crippen molar-refractivity contribution in [3.05, 3.63) is 59.7 Å². The molecule has 0 aliphatic carbocycles. The Balaban J connectivity index is 1.51. The van der Waals surface area contributed by atoms with E-state index in [-0.39, 0.29) is 23.9 Å². The van der Waals surface area contributed by atoms with E-state index in [0.717, 1.165) is 35.7 Å². The molecule has 1 atom stereocenters. The molecule has 1 fully saturated rings. The molecule has 1 saturated heterocycles. The SMILES string of the molecule is CC(=O)Nc1cccc(C(C)NC(=O)Nc2ccc(CC(=O)N3CCSCC3)cc2)c1. The molecule has 1 aliphatic rings. The Morgan fingerprint density at radius 1 is 1.00 bits per heavy atom. The quantitative estimate of drug-likeness (QED) is 0.640. The second-order valence-electron chi connectivity index (χ2n) is 7.49. The van der Waals surface area contributed by atoms with E-state index >= 15 is 0 Å². The van der Waals surface area contributed by atoms with Gasteiger partial charge in [-0.25, -0.2) is 4.79 Å². The number of nitrogens with one attached hydrogen (secondary N) is 3. The van der Waals surface area contributed by atoms with Crippen molar-refractivity contribution in [3.63, 3.8) is 0 Å². The smallest absolute Gasteiger partial charge is 0.319 e. The molecule has 2 aromatic rings. The Morgan fingerprint density at radius 2 is 1.71 bits per heavy atom. The first kappa shape index (κ1) is 22.7. The highest BCUT2D eigenvalue weighted by molar-refractivity contribution is 7.99. The highest BCUT2D eigenvalue weighted by Crippen LogP contribution is 2.18. The zero-order chi connectivity index (χ0) is 22.2. The number of hydrogen-bond donors (Lipinski definition) is 3. The lowest BCUT2D eigenvalue weighted by atomic mass is 10.1. The maximum atomic E-state index is 12.4. The van der Waals surface area contributed by atoms with E-state index in [2.05, 4.69) is 16.0 Å². The first-order chi connectivity index (χ1) is 14.9. The standard InChI is InChI=1S/C23H28N4O3S/c1-16(19-4-3-5-21(15-19)25-17(2)28)24-23(30)26-20-8-6-18(7-9-20)14-22(29)27-10-12-31-13-11-27/h3-9,15-16H,10-14H2,1-2H3,(H,25,28)(H2,24,26,30). The van der Waals surface area contributed by atoms with Crippen LogP contribution in [0.1, 0.15) is 31.0 Å². The van der Waals surface area contributed by atoms with E-state index in [0.29, 0.717) is 17.8 Å². The second-order valence-corrected chi connectivity index (χ2v) is 8.72. The van der Waals surface area contributed by atoms with Crippen LogP contribution in [0.15, 0.2) is 48.5 Å². The third-order valence-electron chi connectivity index (χ3n) is 4.99. The topological polar surface area (TPSA) is 90.5 Å². The fourth-order valence-electron chi connectivity index (χ4n) is 3.34. The number of hydrogen-bond acceptors (Lipinski definition) is 4. The predicted octanol–water partition coefficient (Wildman–Crippen LogP) is 3.65. The van der Waals surface area contributed by atoms with Gasteiger partial charge < -0.3 is 20.9 Å². The van der Waals surface area contributed by atoms with Gasteiger partial charge in [-0.15, -0.1) is 0 Å². The second kappa shape index (κ2) is 10.9. The highest BCUT2D eigenvalue weighted by atomic mass is 32.2. The van der Waals surface area contributed by atoms with Crippen LogP contribution in [0.2, 0.25) is 0 Å². The van der Waals surface area contributed by atoms with Crippen LogP contribution in [0.4, 0.5) is 16.2 Å². The number of nitrogens with zero attached hydrogens (tertiary/aromatic N) is 1. The monoisotopic (exact) mass is 440 g/mol. The fourth-order valence-corrected chi connectivity index (χ4v) is 4.24. The van der Waals surface area contributed by atoms with Gasteiger partial charge >= 0.3 is 6.03 Å². The van der Waals surface area contributed by atoms with Gasteiger partial charge in [-0.05, 0) is 42.3 Å².